The number of hydrogen-bond donors (Lipinski definition) is 0. The lowest BCUT2D eigenvalue weighted by atomic mass is 10.2. The van der Waals surface area contributed by atoms with Crippen LogP contribution in [0.1, 0.15) is 13.3 Å². The molecule has 3 heteroatoms. The van der Waals surface area contributed by atoms with E-state index in [0.717, 1.165) is 38.3 Å². The highest BCUT2D eigenvalue weighted by Crippen LogP contribution is 2.21. The Hall–Kier alpha value is -1.64. The Labute approximate surface area is 110 Å². The van der Waals surface area contributed by atoms with Gasteiger partial charge in [-0.1, -0.05) is 13.5 Å². The Morgan fingerprint density at radius 2 is 1.78 bits per heavy atom. The number of hydrogen-bond acceptors (Lipinski definition) is 3. The average Bonchev–Trinajstić information content (AvgIpc) is 2.47. The predicted molar refractivity (Wildman–Crippen MR) is 76.2 cm³/mol. The fourth-order valence-corrected chi connectivity index (χ4v) is 2.30. The zero-order valence-electron chi connectivity index (χ0n) is 11.4. The molecule has 1 fully saturated rings. The molecule has 1 aromatic carbocycles. The molecule has 2 rings (SSSR count). The second kappa shape index (κ2) is 5.80. The summed E-state index contributed by atoms with van der Waals surface area (Å²) in [7, 11) is 1.70. The maximum Gasteiger partial charge on any atom is 0.119 e. The molecule has 1 aliphatic rings. The molecule has 98 valence electrons. The zero-order valence-corrected chi connectivity index (χ0v) is 11.4. The van der Waals surface area contributed by atoms with Crippen LogP contribution < -0.4 is 9.64 Å². The lowest BCUT2D eigenvalue weighted by Crippen LogP contribution is -2.45. The van der Waals surface area contributed by atoms with Crippen LogP contribution in [-0.2, 0) is 0 Å². The van der Waals surface area contributed by atoms with E-state index in [1.165, 1.54) is 11.4 Å². The highest BCUT2D eigenvalue weighted by Gasteiger charge is 2.17. The molecule has 0 atom stereocenters. The third-order valence-corrected chi connectivity index (χ3v) is 3.57. The molecule has 18 heavy (non-hydrogen) atoms. The van der Waals surface area contributed by atoms with Gasteiger partial charge < -0.3 is 14.5 Å². The van der Waals surface area contributed by atoms with Gasteiger partial charge in [-0.3, -0.25) is 0 Å². The van der Waals surface area contributed by atoms with Crippen molar-refractivity contribution < 1.29 is 4.74 Å². The normalized spacial score (nSPS) is 15.7. The smallest absolute Gasteiger partial charge is 0.119 e. The van der Waals surface area contributed by atoms with Crippen molar-refractivity contribution in [3.8, 4) is 5.75 Å². The summed E-state index contributed by atoms with van der Waals surface area (Å²) in [5.41, 5.74) is 2.53. The molecule has 3 nitrogen and oxygen atoms in total. The average molecular weight is 246 g/mol. The minimum absolute atomic E-state index is 0.914. The standard InChI is InChI=1S/C15H22N2O/c1-4-13(2)16-9-11-17(12-10-16)14-5-7-15(18-3)8-6-14/h5-8H,2,4,9-12H2,1,3H3. The number of benzene rings is 1. The molecule has 0 unspecified atom stereocenters. The largest absolute Gasteiger partial charge is 0.497 e. The van der Waals surface area contributed by atoms with E-state index in [9.17, 15) is 0 Å². The summed E-state index contributed by atoms with van der Waals surface area (Å²) in [6, 6.07) is 8.30. The minimum atomic E-state index is 0.914. The van der Waals surface area contributed by atoms with E-state index in [2.05, 4.69) is 35.4 Å². The van der Waals surface area contributed by atoms with Crippen molar-refractivity contribution in [2.75, 3.05) is 38.2 Å². The summed E-state index contributed by atoms with van der Waals surface area (Å²) >= 11 is 0. The second-order valence-corrected chi connectivity index (χ2v) is 4.59. The van der Waals surface area contributed by atoms with Gasteiger partial charge in [0.05, 0.1) is 7.11 Å². The molecular formula is C15H22N2O. The van der Waals surface area contributed by atoms with E-state index in [1.807, 2.05) is 12.1 Å². The van der Waals surface area contributed by atoms with Gasteiger partial charge in [-0.25, -0.2) is 0 Å². The van der Waals surface area contributed by atoms with Crippen LogP contribution >= 0.6 is 0 Å². The van der Waals surface area contributed by atoms with Crippen LogP contribution in [-0.4, -0.2) is 38.2 Å². The Bertz CT molecular complexity index is 391. The third-order valence-electron chi connectivity index (χ3n) is 3.57. The van der Waals surface area contributed by atoms with Crippen LogP contribution in [0.15, 0.2) is 36.5 Å². The number of nitrogens with zero attached hydrogens (tertiary/aromatic N) is 2. The van der Waals surface area contributed by atoms with Gasteiger partial charge in [0.15, 0.2) is 0 Å². The first-order valence-electron chi connectivity index (χ1n) is 6.56. The first-order chi connectivity index (χ1) is 8.74. The SMILES string of the molecule is C=C(CC)N1CCN(c2ccc(OC)cc2)CC1. The molecule has 1 saturated heterocycles. The molecule has 0 N–H and O–H groups in total. The van der Waals surface area contributed by atoms with Gasteiger partial charge in [0.25, 0.3) is 0 Å². The van der Waals surface area contributed by atoms with E-state index < -0.39 is 0 Å². The van der Waals surface area contributed by atoms with E-state index >= 15 is 0 Å². The first kappa shape index (κ1) is 12.8. The van der Waals surface area contributed by atoms with Crippen LogP contribution in [0.3, 0.4) is 0 Å². The van der Waals surface area contributed by atoms with Crippen LogP contribution in [0.5, 0.6) is 5.75 Å². The molecule has 0 aliphatic carbocycles. The quantitative estimate of drug-likeness (QED) is 0.812. The van der Waals surface area contributed by atoms with E-state index in [-0.39, 0.29) is 0 Å². The molecule has 0 saturated carbocycles. The summed E-state index contributed by atoms with van der Waals surface area (Å²) < 4.78 is 5.18. The molecule has 0 radical (unpaired) electrons. The second-order valence-electron chi connectivity index (χ2n) is 4.59. The molecule has 1 heterocycles. The number of rotatable bonds is 4. The molecule has 0 amide bonds. The van der Waals surface area contributed by atoms with Crippen LogP contribution in [0, 0.1) is 0 Å². The third kappa shape index (κ3) is 2.78. The number of ether oxygens (including phenoxy) is 1. The maximum absolute atomic E-state index is 5.18. The van der Waals surface area contributed by atoms with Crippen molar-refractivity contribution >= 4 is 5.69 Å². The van der Waals surface area contributed by atoms with Crippen molar-refractivity contribution in [1.82, 2.24) is 4.90 Å². The highest BCUT2D eigenvalue weighted by atomic mass is 16.5. The molecule has 1 aromatic rings. The van der Waals surface area contributed by atoms with E-state index in [4.69, 9.17) is 4.74 Å². The molecule has 0 aromatic heterocycles. The topological polar surface area (TPSA) is 15.7 Å². The summed E-state index contributed by atoms with van der Waals surface area (Å²) in [6.45, 7) is 10.5. The molecular weight excluding hydrogens is 224 g/mol. The maximum atomic E-state index is 5.18. The van der Waals surface area contributed by atoms with Crippen molar-refractivity contribution in [2.45, 2.75) is 13.3 Å². The number of allylic oxidation sites excluding steroid dienone is 1. The van der Waals surface area contributed by atoms with Gasteiger partial charge in [-0.15, -0.1) is 0 Å². The summed E-state index contributed by atoms with van der Waals surface area (Å²) in [4.78, 5) is 4.80. The Balaban J connectivity index is 1.94. The summed E-state index contributed by atoms with van der Waals surface area (Å²) in [5, 5.41) is 0. The van der Waals surface area contributed by atoms with Gasteiger partial charge in [-0.2, -0.15) is 0 Å². The minimum Gasteiger partial charge on any atom is -0.497 e. The fourth-order valence-electron chi connectivity index (χ4n) is 2.30. The van der Waals surface area contributed by atoms with Crippen molar-refractivity contribution in [1.29, 1.82) is 0 Å². The highest BCUT2D eigenvalue weighted by molar-refractivity contribution is 5.49. The van der Waals surface area contributed by atoms with Crippen LogP contribution in [0.25, 0.3) is 0 Å². The van der Waals surface area contributed by atoms with Crippen LogP contribution in [0.4, 0.5) is 5.69 Å². The lowest BCUT2D eigenvalue weighted by molar-refractivity contribution is 0.315. The van der Waals surface area contributed by atoms with Crippen LogP contribution in [0.2, 0.25) is 0 Å². The Morgan fingerprint density at radius 3 is 2.28 bits per heavy atom. The monoisotopic (exact) mass is 246 g/mol. The van der Waals surface area contributed by atoms with Gasteiger partial charge in [0, 0.05) is 37.6 Å². The zero-order chi connectivity index (χ0) is 13.0. The number of piperazine rings is 1. The van der Waals surface area contributed by atoms with Gasteiger partial charge in [0.1, 0.15) is 5.75 Å². The van der Waals surface area contributed by atoms with Crippen molar-refractivity contribution in [3.05, 3.63) is 36.5 Å². The fraction of sp³-hybridized carbons (Fsp3) is 0.467. The Morgan fingerprint density at radius 1 is 1.17 bits per heavy atom. The van der Waals surface area contributed by atoms with Gasteiger partial charge in [-0.05, 0) is 30.7 Å². The predicted octanol–water partition coefficient (Wildman–Crippen LogP) is 2.74. The first-order valence-corrected chi connectivity index (χ1v) is 6.56. The van der Waals surface area contributed by atoms with Gasteiger partial charge in [0.2, 0.25) is 0 Å². The van der Waals surface area contributed by atoms with Crippen molar-refractivity contribution in [2.24, 2.45) is 0 Å². The van der Waals surface area contributed by atoms with E-state index in [1.54, 1.807) is 7.11 Å². The number of anilines is 1. The Kier molecular flexibility index (Phi) is 4.13. The molecule has 0 bridgehead atoms. The van der Waals surface area contributed by atoms with Crippen molar-refractivity contribution in [3.63, 3.8) is 0 Å². The summed E-state index contributed by atoms with van der Waals surface area (Å²) in [6.07, 6.45) is 1.04. The molecule has 0 spiro atoms. The number of methoxy groups -OCH3 is 1. The van der Waals surface area contributed by atoms with E-state index in [0.29, 0.717) is 0 Å². The van der Waals surface area contributed by atoms with Gasteiger partial charge >= 0.3 is 0 Å². The lowest BCUT2D eigenvalue weighted by Gasteiger charge is -2.38. The summed E-state index contributed by atoms with van der Waals surface area (Å²) in [5.74, 6) is 0.914. The molecule has 1 aliphatic heterocycles.